The van der Waals surface area contributed by atoms with Gasteiger partial charge in [0.25, 0.3) is 5.91 Å². The molecule has 108 valence electrons. The Kier molecular flexibility index (Phi) is 4.29. The number of hydrogen-bond donors (Lipinski definition) is 0. The van der Waals surface area contributed by atoms with Crippen LogP contribution in [0.3, 0.4) is 0 Å². The Morgan fingerprint density at radius 1 is 1.35 bits per heavy atom. The lowest BCUT2D eigenvalue weighted by molar-refractivity contribution is 0.0372. The Bertz CT molecular complexity index is 525. The van der Waals surface area contributed by atoms with Crippen LogP contribution in [0.5, 0.6) is 0 Å². The van der Waals surface area contributed by atoms with E-state index in [1.165, 1.54) is 25.8 Å². The van der Waals surface area contributed by atoms with Gasteiger partial charge in [-0.25, -0.2) is 4.98 Å². The molecule has 1 atom stereocenters. The third-order valence-corrected chi connectivity index (χ3v) is 4.90. The molecule has 0 aliphatic carbocycles. The summed E-state index contributed by atoms with van der Waals surface area (Å²) >= 11 is 9.40. The lowest BCUT2D eigenvalue weighted by Crippen LogP contribution is -2.56. The first kappa shape index (κ1) is 14.3. The zero-order chi connectivity index (χ0) is 14.1. The van der Waals surface area contributed by atoms with Crippen LogP contribution in [0.15, 0.2) is 16.7 Å². The maximum atomic E-state index is 12.6. The molecule has 6 heteroatoms. The highest BCUT2D eigenvalue weighted by Gasteiger charge is 2.32. The van der Waals surface area contributed by atoms with Crippen molar-refractivity contribution in [1.82, 2.24) is 14.8 Å². The van der Waals surface area contributed by atoms with Gasteiger partial charge in [0.2, 0.25) is 0 Å². The van der Waals surface area contributed by atoms with E-state index in [0.29, 0.717) is 11.6 Å². The molecule has 0 aromatic carbocycles. The monoisotopic (exact) mass is 357 g/mol. The molecule has 2 aliphatic heterocycles. The average molecular weight is 359 g/mol. The number of carbonyl (C=O) groups excluding carboxylic acids is 1. The third-order valence-electron chi connectivity index (χ3n) is 4.16. The van der Waals surface area contributed by atoms with Crippen LogP contribution < -0.4 is 0 Å². The van der Waals surface area contributed by atoms with Crippen LogP contribution in [0.2, 0.25) is 5.15 Å². The summed E-state index contributed by atoms with van der Waals surface area (Å²) in [6.45, 7) is 3.72. The second kappa shape index (κ2) is 6.00. The lowest BCUT2D eigenvalue weighted by atomic mass is 9.99. The van der Waals surface area contributed by atoms with Crippen LogP contribution in [-0.2, 0) is 0 Å². The number of aromatic nitrogens is 1. The molecule has 1 aromatic heterocycles. The molecular formula is C14H17BrClN3O. The van der Waals surface area contributed by atoms with Gasteiger partial charge in [-0.15, -0.1) is 0 Å². The number of rotatable bonds is 1. The molecule has 0 N–H and O–H groups in total. The van der Waals surface area contributed by atoms with E-state index in [4.69, 9.17) is 11.6 Å². The van der Waals surface area contributed by atoms with E-state index in [-0.39, 0.29) is 11.1 Å². The predicted octanol–water partition coefficient (Wildman–Crippen LogP) is 2.81. The van der Waals surface area contributed by atoms with E-state index in [9.17, 15) is 4.79 Å². The number of hydrogen-bond acceptors (Lipinski definition) is 3. The predicted molar refractivity (Wildman–Crippen MR) is 82.1 cm³/mol. The fourth-order valence-corrected chi connectivity index (χ4v) is 3.60. The largest absolute Gasteiger partial charge is 0.336 e. The van der Waals surface area contributed by atoms with Gasteiger partial charge in [-0.3, -0.25) is 9.69 Å². The van der Waals surface area contributed by atoms with Gasteiger partial charge in [0.05, 0.1) is 5.56 Å². The van der Waals surface area contributed by atoms with Crippen LogP contribution in [0.25, 0.3) is 0 Å². The summed E-state index contributed by atoms with van der Waals surface area (Å²) in [5.74, 6) is -0.00553. The molecule has 0 saturated carbocycles. The Hall–Kier alpha value is -0.650. The number of nitrogens with zero attached hydrogens (tertiary/aromatic N) is 3. The summed E-state index contributed by atoms with van der Waals surface area (Å²) in [6.07, 6.45) is 5.35. The smallest absolute Gasteiger partial charge is 0.257 e. The SMILES string of the molecule is O=C(c1cc(Br)cnc1Cl)N1CCN2CCCCC2C1. The van der Waals surface area contributed by atoms with Gasteiger partial charge in [-0.05, 0) is 41.4 Å². The number of pyridine rings is 1. The maximum absolute atomic E-state index is 12.6. The normalized spacial score (nSPS) is 23.5. The fourth-order valence-electron chi connectivity index (χ4n) is 3.08. The zero-order valence-electron chi connectivity index (χ0n) is 11.2. The molecule has 3 heterocycles. The van der Waals surface area contributed by atoms with Gasteiger partial charge in [0.1, 0.15) is 5.15 Å². The van der Waals surface area contributed by atoms with E-state index in [0.717, 1.165) is 24.1 Å². The first-order valence-electron chi connectivity index (χ1n) is 6.99. The number of amides is 1. The molecule has 1 unspecified atom stereocenters. The summed E-state index contributed by atoms with van der Waals surface area (Å²) in [5.41, 5.74) is 0.491. The summed E-state index contributed by atoms with van der Waals surface area (Å²) < 4.78 is 0.779. The van der Waals surface area contributed by atoms with Crippen molar-refractivity contribution in [2.75, 3.05) is 26.2 Å². The molecule has 2 aliphatic rings. The van der Waals surface area contributed by atoms with Crippen molar-refractivity contribution in [3.63, 3.8) is 0 Å². The summed E-state index contributed by atoms with van der Waals surface area (Å²) in [7, 11) is 0. The number of carbonyl (C=O) groups is 1. The Morgan fingerprint density at radius 3 is 3.05 bits per heavy atom. The molecule has 1 aromatic rings. The molecule has 3 rings (SSSR count). The average Bonchev–Trinajstić information content (AvgIpc) is 2.48. The van der Waals surface area contributed by atoms with Crippen molar-refractivity contribution < 1.29 is 4.79 Å². The minimum atomic E-state index is -0.00553. The molecular weight excluding hydrogens is 342 g/mol. The van der Waals surface area contributed by atoms with Gasteiger partial charge in [0, 0.05) is 36.3 Å². The standard InChI is InChI=1S/C14H17BrClN3O/c15-10-7-12(13(16)17-8-10)14(20)19-6-5-18-4-2-1-3-11(18)9-19/h7-8,11H,1-6,9H2. The second-order valence-corrected chi connectivity index (χ2v) is 6.70. The number of piperidine rings is 1. The van der Waals surface area contributed by atoms with Crippen LogP contribution in [0, 0.1) is 0 Å². The van der Waals surface area contributed by atoms with Crippen molar-refractivity contribution >= 4 is 33.4 Å². The number of halogens is 2. The molecule has 0 bridgehead atoms. The highest BCUT2D eigenvalue weighted by atomic mass is 79.9. The quantitative estimate of drug-likeness (QED) is 0.724. The highest BCUT2D eigenvalue weighted by Crippen LogP contribution is 2.24. The molecule has 20 heavy (non-hydrogen) atoms. The van der Waals surface area contributed by atoms with Crippen LogP contribution in [-0.4, -0.2) is 52.9 Å². The molecule has 2 fully saturated rings. The van der Waals surface area contributed by atoms with E-state index < -0.39 is 0 Å². The van der Waals surface area contributed by atoms with E-state index in [1.54, 1.807) is 12.3 Å². The first-order valence-corrected chi connectivity index (χ1v) is 8.16. The molecule has 2 saturated heterocycles. The minimum absolute atomic E-state index is 0.00553. The van der Waals surface area contributed by atoms with E-state index in [2.05, 4.69) is 25.8 Å². The summed E-state index contributed by atoms with van der Waals surface area (Å²) in [4.78, 5) is 21.1. The Labute approximate surface area is 132 Å². The van der Waals surface area contributed by atoms with Crippen molar-refractivity contribution in [2.24, 2.45) is 0 Å². The maximum Gasteiger partial charge on any atom is 0.257 e. The van der Waals surface area contributed by atoms with Crippen molar-refractivity contribution in [3.8, 4) is 0 Å². The summed E-state index contributed by atoms with van der Waals surface area (Å²) in [5, 5.41) is 0.282. The highest BCUT2D eigenvalue weighted by molar-refractivity contribution is 9.10. The van der Waals surface area contributed by atoms with Crippen molar-refractivity contribution in [2.45, 2.75) is 25.3 Å². The van der Waals surface area contributed by atoms with Gasteiger partial charge in [0.15, 0.2) is 0 Å². The third kappa shape index (κ3) is 2.85. The van der Waals surface area contributed by atoms with Crippen molar-refractivity contribution in [3.05, 3.63) is 27.5 Å². The Morgan fingerprint density at radius 2 is 2.20 bits per heavy atom. The van der Waals surface area contributed by atoms with Crippen LogP contribution >= 0.6 is 27.5 Å². The summed E-state index contributed by atoms with van der Waals surface area (Å²) in [6, 6.07) is 2.27. The zero-order valence-corrected chi connectivity index (χ0v) is 13.5. The van der Waals surface area contributed by atoms with Gasteiger partial charge < -0.3 is 4.90 Å². The first-order chi connectivity index (χ1) is 9.65. The van der Waals surface area contributed by atoms with Crippen LogP contribution in [0.4, 0.5) is 0 Å². The van der Waals surface area contributed by atoms with E-state index in [1.807, 2.05) is 4.90 Å². The number of piperazine rings is 1. The Balaban J connectivity index is 1.76. The fraction of sp³-hybridized carbons (Fsp3) is 0.571. The van der Waals surface area contributed by atoms with Gasteiger partial charge in [-0.2, -0.15) is 0 Å². The number of fused-ring (bicyclic) bond motifs is 1. The minimum Gasteiger partial charge on any atom is -0.336 e. The molecule has 0 spiro atoms. The van der Waals surface area contributed by atoms with Gasteiger partial charge in [-0.1, -0.05) is 18.0 Å². The molecule has 0 radical (unpaired) electrons. The topological polar surface area (TPSA) is 36.4 Å². The second-order valence-electron chi connectivity index (χ2n) is 5.43. The van der Waals surface area contributed by atoms with Crippen molar-refractivity contribution in [1.29, 1.82) is 0 Å². The van der Waals surface area contributed by atoms with Crippen LogP contribution in [0.1, 0.15) is 29.6 Å². The molecule has 1 amide bonds. The lowest BCUT2D eigenvalue weighted by Gasteiger charge is -2.44. The van der Waals surface area contributed by atoms with E-state index >= 15 is 0 Å². The molecule has 4 nitrogen and oxygen atoms in total. The van der Waals surface area contributed by atoms with Gasteiger partial charge >= 0.3 is 0 Å².